The lowest BCUT2D eigenvalue weighted by atomic mass is 9.78. The van der Waals surface area contributed by atoms with Crippen molar-refractivity contribution in [2.45, 2.75) is 73.8 Å². The lowest BCUT2D eigenvalue weighted by Gasteiger charge is -2.51. The fraction of sp³-hybridized carbons (Fsp3) is 0.444. The number of aliphatic hydroxyl groups excluding tert-OH is 5. The first-order valence-electron chi connectivity index (χ1n) is 16.5. The van der Waals surface area contributed by atoms with E-state index < -0.39 is 78.4 Å². The molecular formula is C36H37N3O12. The molecular weight excluding hydrogens is 666 g/mol. The number of hydrogen-bond donors (Lipinski definition) is 8. The molecule has 2 aromatic rings. The summed E-state index contributed by atoms with van der Waals surface area (Å²) < 4.78 is 12.1. The van der Waals surface area contributed by atoms with Crippen molar-refractivity contribution >= 4 is 35.6 Å². The third-order valence-electron chi connectivity index (χ3n) is 10.3. The van der Waals surface area contributed by atoms with Gasteiger partial charge in [0, 0.05) is 60.9 Å². The number of anilines is 1. The van der Waals surface area contributed by atoms with E-state index in [-0.39, 0.29) is 48.4 Å². The summed E-state index contributed by atoms with van der Waals surface area (Å²) in [5.41, 5.74) is 0.522. The molecule has 15 heteroatoms. The lowest BCUT2D eigenvalue weighted by molar-refractivity contribution is -0.344. The number of carbonyl (C=O) groups is 2. The van der Waals surface area contributed by atoms with E-state index in [9.17, 15) is 50.4 Å². The molecule has 1 saturated heterocycles. The minimum atomic E-state index is -2.08. The Balaban J connectivity index is 1.35. The first-order chi connectivity index (χ1) is 24.4. The molecule has 0 aliphatic carbocycles. The van der Waals surface area contributed by atoms with Gasteiger partial charge in [0.05, 0.1) is 24.6 Å². The monoisotopic (exact) mass is 703 g/mol. The van der Waals surface area contributed by atoms with Crippen LogP contribution in [-0.4, -0.2) is 120 Å². The fourth-order valence-corrected chi connectivity index (χ4v) is 7.85. The van der Waals surface area contributed by atoms with Crippen LogP contribution in [0, 0.1) is 17.8 Å². The number of nitrogens with zero attached hydrogens (tertiary/aromatic N) is 3. The highest BCUT2D eigenvalue weighted by Gasteiger charge is 2.61. The third kappa shape index (κ3) is 5.74. The molecule has 15 nitrogen and oxygen atoms in total. The van der Waals surface area contributed by atoms with E-state index in [0.29, 0.717) is 35.5 Å². The van der Waals surface area contributed by atoms with Gasteiger partial charge in [0.25, 0.3) is 5.91 Å². The lowest BCUT2D eigenvalue weighted by Crippen LogP contribution is -2.68. The van der Waals surface area contributed by atoms with Crippen LogP contribution in [0.25, 0.3) is 6.08 Å². The van der Waals surface area contributed by atoms with Crippen molar-refractivity contribution in [1.82, 2.24) is 0 Å². The zero-order chi connectivity index (χ0) is 36.2. The first-order valence-corrected chi connectivity index (χ1v) is 16.5. The van der Waals surface area contributed by atoms with Crippen molar-refractivity contribution < 1.29 is 59.9 Å². The van der Waals surface area contributed by atoms with Gasteiger partial charge < -0.3 is 50.3 Å². The maximum Gasteiger partial charge on any atom is 0.330 e. The number of phenols is 2. The highest BCUT2D eigenvalue weighted by molar-refractivity contribution is 6.32. The van der Waals surface area contributed by atoms with Gasteiger partial charge in [-0.3, -0.25) is 19.7 Å². The number of rotatable bonds is 7. The number of aliphatic imine (C=N–C) groups is 2. The quantitative estimate of drug-likeness (QED) is 0.140. The largest absolute Gasteiger partial charge is 0.508 e. The second-order valence-electron chi connectivity index (χ2n) is 13.5. The van der Waals surface area contributed by atoms with Crippen LogP contribution in [0.3, 0.4) is 0 Å². The predicted octanol–water partition coefficient (Wildman–Crippen LogP) is -0.00900. The Morgan fingerprint density at radius 1 is 1.06 bits per heavy atom. The van der Waals surface area contributed by atoms with Gasteiger partial charge in [-0.05, 0) is 41.8 Å². The topological polar surface area (TPSA) is 242 Å². The molecule has 5 aliphatic rings. The van der Waals surface area contributed by atoms with E-state index in [1.165, 1.54) is 24.3 Å². The van der Waals surface area contributed by atoms with Crippen molar-refractivity contribution in [1.29, 1.82) is 0 Å². The van der Waals surface area contributed by atoms with E-state index in [1.54, 1.807) is 18.3 Å². The third-order valence-corrected chi connectivity index (χ3v) is 10.3. The number of carbonyl (C=O) groups excluding carboxylic acids is 1. The average molecular weight is 704 g/mol. The van der Waals surface area contributed by atoms with Crippen LogP contribution < -0.4 is 9.64 Å². The zero-order valence-corrected chi connectivity index (χ0v) is 27.2. The van der Waals surface area contributed by atoms with E-state index >= 15 is 0 Å². The first kappa shape index (κ1) is 34.6. The molecule has 5 aliphatic heterocycles. The summed E-state index contributed by atoms with van der Waals surface area (Å²) in [6, 6.07) is 6.02. The number of phenolic OH excluding ortho intramolecular Hbond substituents is 2. The summed E-state index contributed by atoms with van der Waals surface area (Å²) in [6.07, 6.45) is -2.76. The molecule has 8 unspecified atom stereocenters. The smallest absolute Gasteiger partial charge is 0.330 e. The van der Waals surface area contributed by atoms with Crippen LogP contribution >= 0.6 is 0 Å². The van der Waals surface area contributed by atoms with Gasteiger partial charge in [-0.2, -0.15) is 0 Å². The number of amides is 1. The molecule has 8 N–H and O–H groups in total. The molecule has 0 radical (unpaired) electrons. The van der Waals surface area contributed by atoms with Crippen LogP contribution in [0.5, 0.6) is 17.2 Å². The Kier molecular flexibility index (Phi) is 8.86. The van der Waals surface area contributed by atoms with Crippen molar-refractivity contribution in [2.24, 2.45) is 15.9 Å². The van der Waals surface area contributed by atoms with Gasteiger partial charge in [0.1, 0.15) is 36.8 Å². The van der Waals surface area contributed by atoms with Crippen LogP contribution in [0.1, 0.15) is 47.4 Å². The normalized spacial score (nSPS) is 32.0. The van der Waals surface area contributed by atoms with Crippen molar-refractivity contribution in [3.63, 3.8) is 0 Å². The van der Waals surface area contributed by atoms with Crippen LogP contribution in [0.4, 0.5) is 5.69 Å². The molecule has 0 aromatic heterocycles. The van der Waals surface area contributed by atoms with Crippen molar-refractivity contribution in [3.8, 4) is 29.1 Å². The summed E-state index contributed by atoms with van der Waals surface area (Å²) in [5.74, 6) is -0.583. The molecule has 5 heterocycles. The van der Waals surface area contributed by atoms with E-state index in [0.717, 1.165) is 4.90 Å². The van der Waals surface area contributed by atoms with Gasteiger partial charge in [-0.1, -0.05) is 12.0 Å². The average Bonchev–Trinajstić information content (AvgIpc) is 3.74. The number of aromatic hydroxyl groups is 2. The number of ether oxygens (including phenoxy) is 2. The molecule has 1 fully saturated rings. The van der Waals surface area contributed by atoms with E-state index in [4.69, 9.17) is 9.47 Å². The second kappa shape index (κ2) is 13.1. The molecule has 8 atom stereocenters. The Morgan fingerprint density at radius 3 is 2.57 bits per heavy atom. The van der Waals surface area contributed by atoms with Gasteiger partial charge >= 0.3 is 5.97 Å². The molecule has 1 amide bonds. The Labute approximate surface area is 291 Å². The number of fused-ring (bicyclic) bond motifs is 1. The zero-order valence-electron chi connectivity index (χ0n) is 27.2. The fourth-order valence-electron chi connectivity index (χ4n) is 7.85. The SMILES string of the molecule is O=C(C=Cc1ccc(O)c(CC2=NCN=C2)c1)N1c2c3cc(O)c4c2C(CC#CC(CO)CC1(C(=O)O)C3)CC1(O4)OC(CO)C(O)C(O)C1O. The standard InChI is InChI=1S/C36H37N3O12/c40-15-19-2-1-3-20-13-36(33(47)31(46)30(45)26(16-41)50-36)51-32-25(43)10-22-12-35(11-19,34(48)49)39(29(22)28(20)32)27(44)7-5-18-4-6-24(42)21(8-18)9-23-14-37-17-38-23/h4-8,10,14,19-20,26,30-31,33,40-43,45-47H,3,9,11-13,15-17H2,(H,48,49). The minimum absolute atomic E-state index is 0.0211. The minimum Gasteiger partial charge on any atom is -0.508 e. The molecule has 0 saturated carbocycles. The second-order valence-corrected chi connectivity index (χ2v) is 13.5. The summed E-state index contributed by atoms with van der Waals surface area (Å²) in [4.78, 5) is 37.2. The Bertz CT molecular complexity index is 1930. The predicted molar refractivity (Wildman–Crippen MR) is 180 cm³/mol. The number of hydrogen-bond acceptors (Lipinski definition) is 13. The molecule has 268 valence electrons. The summed E-state index contributed by atoms with van der Waals surface area (Å²) in [5, 5.41) is 85.2. The highest BCUT2D eigenvalue weighted by Crippen LogP contribution is 2.58. The molecule has 2 aromatic carbocycles. The van der Waals surface area contributed by atoms with Crippen LogP contribution in [0.2, 0.25) is 0 Å². The number of aliphatic hydroxyl groups is 5. The summed E-state index contributed by atoms with van der Waals surface area (Å²) in [6.45, 7) is -0.928. The van der Waals surface area contributed by atoms with Gasteiger partial charge in [0.15, 0.2) is 17.0 Å². The maximum atomic E-state index is 14.4. The Hall–Kier alpha value is -4.82. The van der Waals surface area contributed by atoms with Crippen LogP contribution in [0.15, 0.2) is 40.3 Å². The highest BCUT2D eigenvalue weighted by atomic mass is 16.7. The number of carboxylic acid groups (broad SMARTS) is 1. The number of carboxylic acids is 1. The van der Waals surface area contributed by atoms with Crippen molar-refractivity contribution in [3.05, 3.63) is 52.6 Å². The summed E-state index contributed by atoms with van der Waals surface area (Å²) in [7, 11) is 0. The molecule has 2 bridgehead atoms. The van der Waals surface area contributed by atoms with Crippen molar-refractivity contribution in [2.75, 3.05) is 24.8 Å². The van der Waals surface area contributed by atoms with Gasteiger partial charge in [0.2, 0.25) is 5.79 Å². The molecule has 7 rings (SSSR count). The Morgan fingerprint density at radius 2 is 1.86 bits per heavy atom. The molecule has 51 heavy (non-hydrogen) atoms. The molecule has 1 spiro atoms. The van der Waals surface area contributed by atoms with Crippen LogP contribution in [-0.2, 0) is 27.2 Å². The van der Waals surface area contributed by atoms with Gasteiger partial charge in [-0.15, -0.1) is 5.92 Å². The van der Waals surface area contributed by atoms with E-state index in [2.05, 4.69) is 21.8 Å². The van der Waals surface area contributed by atoms with E-state index in [1.807, 2.05) is 0 Å². The van der Waals surface area contributed by atoms with Gasteiger partial charge in [-0.25, -0.2) is 4.79 Å². The summed E-state index contributed by atoms with van der Waals surface area (Å²) >= 11 is 0. The number of aliphatic carboxylic acids is 1. The number of benzene rings is 2. The maximum absolute atomic E-state index is 14.4.